The Bertz CT molecular complexity index is 2400. The predicted molar refractivity (Wildman–Crippen MR) is 200 cm³/mol. The molecule has 1 N–H and O–H groups in total. The second-order valence-electron chi connectivity index (χ2n) is 14.1. The summed E-state index contributed by atoms with van der Waals surface area (Å²) in [4.78, 5) is 68.1. The second kappa shape index (κ2) is 13.5. The normalized spacial score (nSPS) is 15.5. The fourth-order valence-electron chi connectivity index (χ4n) is 7.76. The summed E-state index contributed by atoms with van der Waals surface area (Å²) < 4.78 is 3.72. The van der Waals surface area contributed by atoms with Gasteiger partial charge in [-0.1, -0.05) is 24.3 Å². The van der Waals surface area contributed by atoms with Crippen molar-refractivity contribution in [3.63, 3.8) is 0 Å². The maximum atomic E-state index is 13.9. The molecule has 266 valence electrons. The van der Waals surface area contributed by atoms with Gasteiger partial charge in [-0.2, -0.15) is 0 Å². The summed E-state index contributed by atoms with van der Waals surface area (Å²) in [6, 6.07) is 18.8. The van der Waals surface area contributed by atoms with Gasteiger partial charge in [0.25, 0.3) is 23.6 Å². The zero-order valence-electron chi connectivity index (χ0n) is 29.1. The van der Waals surface area contributed by atoms with Gasteiger partial charge >= 0.3 is 0 Å². The highest BCUT2D eigenvalue weighted by molar-refractivity contribution is 6.26. The van der Waals surface area contributed by atoms with E-state index in [2.05, 4.69) is 20.2 Å². The largest absolute Gasteiger partial charge is 0.315 e. The maximum Gasteiger partial charge on any atom is 0.261 e. The average molecular weight is 707 g/mol. The molecule has 0 radical (unpaired) electrons. The lowest BCUT2D eigenvalue weighted by atomic mass is 9.93. The van der Waals surface area contributed by atoms with Crippen LogP contribution in [-0.4, -0.2) is 103 Å². The van der Waals surface area contributed by atoms with Crippen LogP contribution in [0.25, 0.3) is 32.9 Å². The van der Waals surface area contributed by atoms with Crippen LogP contribution in [0.1, 0.15) is 60.7 Å². The molecule has 4 aromatic carbocycles. The number of amides is 4. The van der Waals surface area contributed by atoms with Crippen molar-refractivity contribution in [3.8, 4) is 11.4 Å². The minimum absolute atomic E-state index is 0.255. The molecule has 2 aromatic heterocycles. The number of imidazole rings is 2. The van der Waals surface area contributed by atoms with Crippen molar-refractivity contribution >= 4 is 45.2 Å². The van der Waals surface area contributed by atoms with Crippen LogP contribution in [-0.2, 0) is 0 Å². The lowest BCUT2D eigenvalue weighted by Crippen LogP contribution is -2.45. The molecule has 12 heteroatoms. The molecule has 6 aromatic rings. The van der Waals surface area contributed by atoms with Crippen LogP contribution in [0.15, 0.2) is 98.1 Å². The maximum absolute atomic E-state index is 13.9. The molecular weight excluding hydrogens is 669 g/mol. The molecule has 2 aliphatic heterocycles. The number of carbonyl (C=O) groups excluding carboxylic acids is 4. The van der Waals surface area contributed by atoms with E-state index in [1.165, 1.54) is 22.6 Å². The Kier molecular flexibility index (Phi) is 8.40. The van der Waals surface area contributed by atoms with Crippen molar-refractivity contribution in [2.24, 2.45) is 5.92 Å². The molecule has 4 amide bonds. The van der Waals surface area contributed by atoms with Crippen LogP contribution in [0.4, 0.5) is 0 Å². The molecule has 53 heavy (non-hydrogen) atoms. The van der Waals surface area contributed by atoms with Gasteiger partial charge in [0, 0.05) is 90.8 Å². The van der Waals surface area contributed by atoms with Gasteiger partial charge in [0.2, 0.25) is 0 Å². The molecule has 0 bridgehead atoms. The first-order chi connectivity index (χ1) is 25.9. The molecule has 0 saturated heterocycles. The molecule has 12 nitrogen and oxygen atoms in total. The fourth-order valence-corrected chi connectivity index (χ4v) is 7.76. The van der Waals surface area contributed by atoms with Gasteiger partial charge < -0.3 is 19.4 Å². The molecule has 1 aliphatic carbocycles. The first-order valence-electron chi connectivity index (χ1n) is 18.2. The van der Waals surface area contributed by atoms with Gasteiger partial charge in [0.1, 0.15) is 0 Å². The minimum Gasteiger partial charge on any atom is -0.315 e. The van der Waals surface area contributed by atoms with Crippen molar-refractivity contribution in [2.45, 2.75) is 19.3 Å². The number of imide groups is 2. The van der Waals surface area contributed by atoms with Crippen LogP contribution in [0.5, 0.6) is 0 Å². The van der Waals surface area contributed by atoms with Crippen LogP contribution < -0.4 is 5.32 Å². The summed E-state index contributed by atoms with van der Waals surface area (Å²) in [6.45, 7) is 4.03. The Morgan fingerprint density at radius 1 is 0.642 bits per heavy atom. The number of nitrogens with one attached hydrogen (secondary N) is 1. The molecule has 0 atom stereocenters. The van der Waals surface area contributed by atoms with Gasteiger partial charge in [-0.05, 0) is 85.4 Å². The number of carbonyl (C=O) groups is 4. The monoisotopic (exact) mass is 706 g/mol. The smallest absolute Gasteiger partial charge is 0.261 e. The first-order valence-corrected chi connectivity index (χ1v) is 18.2. The summed E-state index contributed by atoms with van der Waals surface area (Å²) in [5.41, 5.74) is 3.77. The summed E-state index contributed by atoms with van der Waals surface area (Å²) in [7, 11) is 0. The zero-order chi connectivity index (χ0) is 36.1. The SMILES string of the molecule is O=C1c2cccc3cc(-n4ccnc4)cc(c23)C(=O)N1CCNCCCN(CCN1C(=O)c2cccc3cc(-n4ccnc4)cc(c23)C1=O)CC1CC1. The van der Waals surface area contributed by atoms with E-state index >= 15 is 0 Å². The fraction of sp³-hybridized carbons (Fsp3) is 0.268. The number of nitrogens with zero attached hydrogens (tertiary/aromatic N) is 7. The minimum atomic E-state index is -0.295. The lowest BCUT2D eigenvalue weighted by molar-refractivity contribution is 0.0584. The average Bonchev–Trinajstić information content (AvgIpc) is 3.56. The summed E-state index contributed by atoms with van der Waals surface area (Å²) >= 11 is 0. The number of benzene rings is 4. The van der Waals surface area contributed by atoms with Gasteiger partial charge in [0.15, 0.2) is 0 Å². The Morgan fingerprint density at radius 2 is 1.19 bits per heavy atom. The van der Waals surface area contributed by atoms with Crippen LogP contribution in [0.2, 0.25) is 0 Å². The summed E-state index contributed by atoms with van der Waals surface area (Å²) in [5, 5.41) is 6.52. The lowest BCUT2D eigenvalue weighted by Gasteiger charge is -2.30. The molecule has 1 fully saturated rings. The Balaban J connectivity index is 0.819. The third-order valence-corrected chi connectivity index (χ3v) is 10.6. The van der Waals surface area contributed by atoms with Gasteiger partial charge in [-0.3, -0.25) is 29.0 Å². The number of hydrogen-bond acceptors (Lipinski definition) is 8. The van der Waals surface area contributed by atoms with Crippen molar-refractivity contribution in [2.75, 3.05) is 45.8 Å². The molecule has 3 aliphatic rings. The van der Waals surface area contributed by atoms with Crippen LogP contribution in [0.3, 0.4) is 0 Å². The van der Waals surface area contributed by atoms with Gasteiger partial charge in [0.05, 0.1) is 23.8 Å². The first kappa shape index (κ1) is 32.9. The highest BCUT2D eigenvalue weighted by Crippen LogP contribution is 2.34. The van der Waals surface area contributed by atoms with Crippen molar-refractivity contribution in [1.82, 2.24) is 39.1 Å². The van der Waals surface area contributed by atoms with E-state index in [1.807, 2.05) is 70.1 Å². The van der Waals surface area contributed by atoms with E-state index < -0.39 is 0 Å². The van der Waals surface area contributed by atoms with E-state index in [-0.39, 0.29) is 30.2 Å². The third kappa shape index (κ3) is 6.09. The predicted octanol–water partition coefficient (Wildman–Crippen LogP) is 4.95. The quantitative estimate of drug-likeness (QED) is 0.125. The third-order valence-electron chi connectivity index (χ3n) is 10.6. The van der Waals surface area contributed by atoms with E-state index in [0.717, 1.165) is 41.7 Å². The number of hydrogen-bond donors (Lipinski definition) is 1. The van der Waals surface area contributed by atoms with Crippen molar-refractivity contribution in [3.05, 3.63) is 120 Å². The van der Waals surface area contributed by atoms with Crippen LogP contribution in [0, 0.1) is 5.92 Å². The van der Waals surface area contributed by atoms with Crippen molar-refractivity contribution in [1.29, 1.82) is 0 Å². The standard InChI is InChI=1S/C41H38N8O4/c50-38-32-6-1-4-28-20-30(46-15-11-43-25-46)22-34(36(28)32)40(52)48(38)17-13-42-10-3-14-45(24-27-8-9-27)18-19-49-39(51)33-7-2-5-29-21-31(47-16-12-44-26-47)23-35(37(29)33)41(49)53/h1-2,4-7,11-12,15-16,20-23,25-27,42H,3,8-10,13-14,17-19,24H2. The zero-order valence-corrected chi connectivity index (χ0v) is 29.1. The van der Waals surface area contributed by atoms with Gasteiger partial charge in [-0.25, -0.2) is 9.97 Å². The van der Waals surface area contributed by atoms with E-state index in [0.29, 0.717) is 65.1 Å². The summed E-state index contributed by atoms with van der Waals surface area (Å²) in [5.74, 6) is -0.459. The Labute approximate surface area is 305 Å². The molecule has 0 spiro atoms. The Hall–Kier alpha value is -5.98. The van der Waals surface area contributed by atoms with E-state index in [4.69, 9.17) is 0 Å². The number of rotatable bonds is 14. The van der Waals surface area contributed by atoms with E-state index in [1.54, 1.807) is 37.2 Å². The number of aromatic nitrogens is 4. The molecule has 4 heterocycles. The highest BCUT2D eigenvalue weighted by atomic mass is 16.2. The highest BCUT2D eigenvalue weighted by Gasteiger charge is 2.35. The Morgan fingerprint density at radius 3 is 1.72 bits per heavy atom. The van der Waals surface area contributed by atoms with Crippen molar-refractivity contribution < 1.29 is 19.2 Å². The van der Waals surface area contributed by atoms with Crippen LogP contribution >= 0.6 is 0 Å². The summed E-state index contributed by atoms with van der Waals surface area (Å²) in [6.07, 6.45) is 13.7. The van der Waals surface area contributed by atoms with E-state index in [9.17, 15) is 19.2 Å². The molecule has 9 rings (SSSR count). The second-order valence-corrected chi connectivity index (χ2v) is 14.1. The topological polar surface area (TPSA) is 126 Å². The van der Waals surface area contributed by atoms with Gasteiger partial charge in [-0.15, -0.1) is 0 Å². The molecular formula is C41H38N8O4. The molecule has 0 unspecified atom stereocenters. The molecule has 1 saturated carbocycles.